The van der Waals surface area contributed by atoms with E-state index in [9.17, 15) is 4.39 Å². The average Bonchev–Trinajstić information content (AvgIpc) is 2.34. The molecule has 1 unspecified atom stereocenters. The molecule has 0 fully saturated rings. The van der Waals surface area contributed by atoms with Crippen LogP contribution in [-0.4, -0.2) is 9.97 Å². The van der Waals surface area contributed by atoms with Crippen LogP contribution in [0.25, 0.3) is 0 Å². The maximum Gasteiger partial charge on any atom is 0.125 e. The zero-order valence-corrected chi connectivity index (χ0v) is 11.5. The third-order valence-electron chi connectivity index (χ3n) is 2.63. The molecule has 0 radical (unpaired) electrons. The molecule has 0 aliphatic rings. The highest BCUT2D eigenvalue weighted by Crippen LogP contribution is 2.22. The Hall–Kier alpha value is -1.33. The number of nitrogens with zero attached hydrogens (tertiary/aromatic N) is 2. The standard InChI is InChI=1S/C13H13BrFN3/c1-8-17-5-4-13(18-8)12(16)7-9-6-10(15)2-3-11(9)14/h2-6,12H,7,16H2,1H3. The fourth-order valence-electron chi connectivity index (χ4n) is 1.72. The Bertz CT molecular complexity index is 560. The van der Waals surface area contributed by atoms with Gasteiger partial charge in [0.15, 0.2) is 0 Å². The molecule has 1 aromatic heterocycles. The van der Waals surface area contributed by atoms with Crippen molar-refractivity contribution >= 4 is 15.9 Å². The lowest BCUT2D eigenvalue weighted by Gasteiger charge is -2.12. The number of benzene rings is 1. The Kier molecular flexibility index (Phi) is 4.04. The van der Waals surface area contributed by atoms with E-state index in [4.69, 9.17) is 5.73 Å². The number of aromatic nitrogens is 2. The fourth-order valence-corrected chi connectivity index (χ4v) is 2.13. The topological polar surface area (TPSA) is 51.8 Å². The fraction of sp³-hybridized carbons (Fsp3) is 0.231. The van der Waals surface area contributed by atoms with E-state index in [1.165, 1.54) is 12.1 Å². The maximum absolute atomic E-state index is 13.2. The van der Waals surface area contributed by atoms with Gasteiger partial charge in [0, 0.05) is 10.7 Å². The van der Waals surface area contributed by atoms with Gasteiger partial charge in [-0.3, -0.25) is 0 Å². The molecule has 2 N–H and O–H groups in total. The van der Waals surface area contributed by atoms with Gasteiger partial charge < -0.3 is 5.73 Å². The summed E-state index contributed by atoms with van der Waals surface area (Å²) in [6, 6.07) is 6.09. The predicted octanol–water partition coefficient (Wildman–Crippen LogP) is 2.93. The summed E-state index contributed by atoms with van der Waals surface area (Å²) in [5, 5.41) is 0. The summed E-state index contributed by atoms with van der Waals surface area (Å²) in [6.45, 7) is 1.81. The molecule has 94 valence electrons. The van der Waals surface area contributed by atoms with Crippen molar-refractivity contribution in [1.82, 2.24) is 9.97 Å². The second-order valence-corrected chi connectivity index (χ2v) is 4.93. The van der Waals surface area contributed by atoms with Gasteiger partial charge in [0.05, 0.1) is 11.7 Å². The average molecular weight is 310 g/mol. The summed E-state index contributed by atoms with van der Waals surface area (Å²) >= 11 is 3.39. The molecule has 3 nitrogen and oxygen atoms in total. The molecule has 2 aromatic rings. The number of nitrogens with two attached hydrogens (primary N) is 1. The van der Waals surface area contributed by atoms with Crippen LogP contribution < -0.4 is 5.73 Å². The molecular formula is C13H13BrFN3. The van der Waals surface area contributed by atoms with Gasteiger partial charge >= 0.3 is 0 Å². The lowest BCUT2D eigenvalue weighted by Crippen LogP contribution is -2.16. The summed E-state index contributed by atoms with van der Waals surface area (Å²) in [6.07, 6.45) is 2.20. The second-order valence-electron chi connectivity index (χ2n) is 4.08. The SMILES string of the molecule is Cc1nccc(C(N)Cc2cc(F)ccc2Br)n1. The first-order valence-electron chi connectivity index (χ1n) is 5.55. The van der Waals surface area contributed by atoms with E-state index in [2.05, 4.69) is 25.9 Å². The summed E-state index contributed by atoms with van der Waals surface area (Å²) in [5.74, 6) is 0.417. The largest absolute Gasteiger partial charge is 0.322 e. The number of hydrogen-bond donors (Lipinski definition) is 1. The molecule has 1 aromatic carbocycles. The van der Waals surface area contributed by atoms with Crippen LogP contribution in [0, 0.1) is 12.7 Å². The van der Waals surface area contributed by atoms with Gasteiger partial charge in [-0.15, -0.1) is 0 Å². The van der Waals surface area contributed by atoms with Gasteiger partial charge in [0.25, 0.3) is 0 Å². The molecule has 1 atom stereocenters. The molecule has 0 saturated carbocycles. The van der Waals surface area contributed by atoms with Crippen LogP contribution in [0.15, 0.2) is 34.9 Å². The monoisotopic (exact) mass is 309 g/mol. The van der Waals surface area contributed by atoms with Gasteiger partial charge in [0.1, 0.15) is 11.6 Å². The zero-order chi connectivity index (χ0) is 13.1. The first-order valence-corrected chi connectivity index (χ1v) is 6.34. The highest BCUT2D eigenvalue weighted by atomic mass is 79.9. The van der Waals surface area contributed by atoms with E-state index in [0.29, 0.717) is 12.2 Å². The minimum absolute atomic E-state index is 0.265. The van der Waals surface area contributed by atoms with Crippen LogP contribution in [0.3, 0.4) is 0 Å². The second kappa shape index (κ2) is 5.54. The van der Waals surface area contributed by atoms with Crippen LogP contribution in [0.4, 0.5) is 4.39 Å². The molecule has 0 amide bonds. The third-order valence-corrected chi connectivity index (χ3v) is 3.40. The Balaban J connectivity index is 2.21. The molecule has 5 heteroatoms. The minimum Gasteiger partial charge on any atom is -0.322 e. The molecule has 0 spiro atoms. The van der Waals surface area contributed by atoms with E-state index in [1.54, 1.807) is 18.3 Å². The van der Waals surface area contributed by atoms with E-state index < -0.39 is 0 Å². The molecule has 2 rings (SSSR count). The Morgan fingerprint density at radius 2 is 2.17 bits per heavy atom. The number of aryl methyl sites for hydroxylation is 1. The minimum atomic E-state index is -0.273. The van der Waals surface area contributed by atoms with Crippen molar-refractivity contribution in [3.05, 3.63) is 57.8 Å². The Morgan fingerprint density at radius 3 is 2.89 bits per heavy atom. The smallest absolute Gasteiger partial charge is 0.125 e. The lowest BCUT2D eigenvalue weighted by atomic mass is 10.0. The normalized spacial score (nSPS) is 12.4. The number of hydrogen-bond acceptors (Lipinski definition) is 3. The summed E-state index contributed by atoms with van der Waals surface area (Å²) in [4.78, 5) is 8.30. The molecule has 0 aliphatic heterocycles. The molecule has 0 aliphatic carbocycles. The third kappa shape index (κ3) is 3.11. The van der Waals surface area contributed by atoms with Gasteiger partial charge in [-0.2, -0.15) is 0 Å². The summed E-state index contributed by atoms with van der Waals surface area (Å²) < 4.78 is 14.0. The van der Waals surface area contributed by atoms with Crippen molar-refractivity contribution in [2.45, 2.75) is 19.4 Å². The van der Waals surface area contributed by atoms with Crippen molar-refractivity contribution in [1.29, 1.82) is 0 Å². The summed E-state index contributed by atoms with van der Waals surface area (Å²) in [5.41, 5.74) is 7.68. The lowest BCUT2D eigenvalue weighted by molar-refractivity contribution is 0.619. The number of halogens is 2. The van der Waals surface area contributed by atoms with Crippen molar-refractivity contribution in [2.24, 2.45) is 5.73 Å². The molecule has 1 heterocycles. The van der Waals surface area contributed by atoms with E-state index in [-0.39, 0.29) is 11.9 Å². The van der Waals surface area contributed by atoms with Crippen molar-refractivity contribution < 1.29 is 4.39 Å². The quantitative estimate of drug-likeness (QED) is 0.948. The van der Waals surface area contributed by atoms with Crippen LogP contribution in [0.5, 0.6) is 0 Å². The highest BCUT2D eigenvalue weighted by molar-refractivity contribution is 9.10. The zero-order valence-electron chi connectivity index (χ0n) is 9.90. The van der Waals surface area contributed by atoms with Crippen LogP contribution in [0.1, 0.15) is 23.1 Å². The van der Waals surface area contributed by atoms with Crippen LogP contribution in [0.2, 0.25) is 0 Å². The number of rotatable bonds is 3. The van der Waals surface area contributed by atoms with Gasteiger partial charge in [-0.05, 0) is 43.2 Å². The molecule has 0 saturated heterocycles. The van der Waals surface area contributed by atoms with Crippen LogP contribution in [-0.2, 0) is 6.42 Å². The highest BCUT2D eigenvalue weighted by Gasteiger charge is 2.11. The molecular weight excluding hydrogens is 297 g/mol. The van der Waals surface area contributed by atoms with Crippen molar-refractivity contribution in [3.63, 3.8) is 0 Å². The van der Waals surface area contributed by atoms with Gasteiger partial charge in [0.2, 0.25) is 0 Å². The van der Waals surface area contributed by atoms with Gasteiger partial charge in [-0.1, -0.05) is 15.9 Å². The maximum atomic E-state index is 13.2. The Morgan fingerprint density at radius 1 is 1.39 bits per heavy atom. The van der Waals surface area contributed by atoms with Crippen molar-refractivity contribution in [3.8, 4) is 0 Å². The summed E-state index contributed by atoms with van der Waals surface area (Å²) in [7, 11) is 0. The first-order chi connectivity index (χ1) is 8.56. The molecule has 0 bridgehead atoms. The predicted molar refractivity (Wildman–Crippen MR) is 71.5 cm³/mol. The van der Waals surface area contributed by atoms with E-state index in [1.807, 2.05) is 6.92 Å². The van der Waals surface area contributed by atoms with E-state index >= 15 is 0 Å². The first kappa shape index (κ1) is 13.1. The van der Waals surface area contributed by atoms with Crippen LogP contribution >= 0.6 is 15.9 Å². The van der Waals surface area contributed by atoms with E-state index in [0.717, 1.165) is 15.7 Å². The van der Waals surface area contributed by atoms with Crippen molar-refractivity contribution in [2.75, 3.05) is 0 Å². The van der Waals surface area contributed by atoms with Gasteiger partial charge in [-0.25, -0.2) is 14.4 Å². The Labute approximate surface area is 113 Å². The molecule has 18 heavy (non-hydrogen) atoms.